The van der Waals surface area contributed by atoms with Gasteiger partial charge in [0.1, 0.15) is 5.54 Å². The molecule has 1 amide bonds. The van der Waals surface area contributed by atoms with E-state index in [2.05, 4.69) is 41.7 Å². The molecule has 0 spiro atoms. The molecule has 1 unspecified atom stereocenters. The van der Waals surface area contributed by atoms with Gasteiger partial charge < -0.3 is 10.2 Å². The largest absolute Gasteiger partial charge is 0.333 e. The van der Waals surface area contributed by atoms with Gasteiger partial charge in [-0.1, -0.05) is 30.3 Å². The van der Waals surface area contributed by atoms with Crippen LogP contribution in [-0.4, -0.2) is 31.1 Å². The Kier molecular flexibility index (Phi) is 4.78. The lowest BCUT2D eigenvalue weighted by Gasteiger charge is -2.26. The van der Waals surface area contributed by atoms with Crippen molar-refractivity contribution in [3.8, 4) is 6.07 Å². The molecular formula is C19H24N3O+. The van der Waals surface area contributed by atoms with Gasteiger partial charge in [-0.25, -0.2) is 0 Å². The number of carbonyl (C=O) groups is 1. The highest BCUT2D eigenvalue weighted by molar-refractivity contribution is 5.78. The van der Waals surface area contributed by atoms with Crippen LogP contribution in [0.5, 0.6) is 0 Å². The van der Waals surface area contributed by atoms with Crippen molar-refractivity contribution >= 4 is 11.5 Å². The predicted octanol–water partition coefficient (Wildman–Crippen LogP) is 1.31. The van der Waals surface area contributed by atoms with E-state index in [0.29, 0.717) is 6.54 Å². The first-order valence-corrected chi connectivity index (χ1v) is 8.51. The van der Waals surface area contributed by atoms with Crippen molar-refractivity contribution in [3.05, 3.63) is 42.0 Å². The van der Waals surface area contributed by atoms with E-state index in [1.54, 1.807) is 0 Å². The van der Waals surface area contributed by atoms with Gasteiger partial charge in [0.2, 0.25) is 0 Å². The maximum atomic E-state index is 12.3. The van der Waals surface area contributed by atoms with Crippen LogP contribution in [0.3, 0.4) is 0 Å². The Hall–Kier alpha value is -2.12. The van der Waals surface area contributed by atoms with Crippen molar-refractivity contribution in [1.29, 1.82) is 5.26 Å². The van der Waals surface area contributed by atoms with E-state index in [1.165, 1.54) is 16.0 Å². The number of hydrogen-bond donors (Lipinski definition) is 2. The summed E-state index contributed by atoms with van der Waals surface area (Å²) in [6, 6.07) is 12.8. The van der Waals surface area contributed by atoms with E-state index in [0.717, 1.165) is 45.2 Å². The fraction of sp³-hybridized carbons (Fsp3) is 0.474. The normalized spacial score (nSPS) is 22.9. The number of benzene rings is 1. The van der Waals surface area contributed by atoms with Crippen LogP contribution in [0.2, 0.25) is 0 Å². The van der Waals surface area contributed by atoms with Gasteiger partial charge >= 0.3 is 0 Å². The number of hydrogen-bond acceptors (Lipinski definition) is 2. The van der Waals surface area contributed by atoms with Crippen LogP contribution in [0.15, 0.2) is 36.4 Å². The third kappa shape index (κ3) is 3.80. The molecule has 0 bridgehead atoms. The van der Waals surface area contributed by atoms with Crippen molar-refractivity contribution in [1.82, 2.24) is 5.32 Å². The molecule has 120 valence electrons. The summed E-state index contributed by atoms with van der Waals surface area (Å²) in [6.07, 6.45) is 6.90. The Bertz CT molecular complexity index is 624. The Morgan fingerprint density at radius 1 is 1.26 bits per heavy atom. The number of quaternary nitrogens is 1. The van der Waals surface area contributed by atoms with Crippen molar-refractivity contribution in [2.24, 2.45) is 0 Å². The molecule has 1 heterocycles. The molecule has 4 nitrogen and oxygen atoms in total. The summed E-state index contributed by atoms with van der Waals surface area (Å²) >= 11 is 0. The molecule has 4 heteroatoms. The second-order valence-electron chi connectivity index (χ2n) is 6.68. The highest BCUT2D eigenvalue weighted by Crippen LogP contribution is 2.28. The van der Waals surface area contributed by atoms with Gasteiger partial charge in [-0.2, -0.15) is 5.26 Å². The summed E-state index contributed by atoms with van der Waals surface area (Å²) < 4.78 is 0. The van der Waals surface area contributed by atoms with Crippen LogP contribution in [0.1, 0.15) is 37.7 Å². The average Bonchev–Trinajstić information content (AvgIpc) is 3.05. The van der Waals surface area contributed by atoms with E-state index in [-0.39, 0.29) is 5.91 Å². The van der Waals surface area contributed by atoms with E-state index in [4.69, 9.17) is 0 Å². The van der Waals surface area contributed by atoms with Gasteiger partial charge in [0, 0.05) is 6.42 Å². The van der Waals surface area contributed by atoms with Crippen LogP contribution in [0.25, 0.3) is 5.57 Å². The lowest BCUT2D eigenvalue weighted by Crippen LogP contribution is -3.13. The Morgan fingerprint density at radius 2 is 2.00 bits per heavy atom. The molecule has 23 heavy (non-hydrogen) atoms. The van der Waals surface area contributed by atoms with Gasteiger partial charge in [0.15, 0.2) is 6.54 Å². The summed E-state index contributed by atoms with van der Waals surface area (Å²) in [5.41, 5.74) is 2.06. The first kappa shape index (κ1) is 15.8. The molecule has 1 aliphatic heterocycles. The quantitative estimate of drug-likeness (QED) is 0.881. The topological polar surface area (TPSA) is 57.3 Å². The van der Waals surface area contributed by atoms with Gasteiger partial charge in [-0.15, -0.1) is 0 Å². The first-order chi connectivity index (χ1) is 11.2. The molecular weight excluding hydrogens is 286 g/mol. The smallest absolute Gasteiger partial charge is 0.276 e. The van der Waals surface area contributed by atoms with Gasteiger partial charge in [-0.05, 0) is 42.9 Å². The molecule has 1 aliphatic carbocycles. The molecule has 3 rings (SSSR count). The lowest BCUT2D eigenvalue weighted by atomic mass is 9.99. The van der Waals surface area contributed by atoms with Gasteiger partial charge in [0.25, 0.3) is 5.91 Å². The fourth-order valence-corrected chi connectivity index (χ4v) is 3.64. The van der Waals surface area contributed by atoms with Crippen LogP contribution >= 0.6 is 0 Å². The van der Waals surface area contributed by atoms with Crippen LogP contribution in [0, 0.1) is 11.3 Å². The zero-order valence-electron chi connectivity index (χ0n) is 13.5. The number of amides is 1. The number of nitriles is 1. The number of nitrogens with one attached hydrogen (secondary N) is 2. The van der Waals surface area contributed by atoms with Gasteiger partial charge in [0.05, 0.1) is 19.2 Å². The molecule has 1 aromatic rings. The molecule has 1 saturated carbocycles. The minimum atomic E-state index is -0.600. The zero-order valence-corrected chi connectivity index (χ0v) is 13.5. The van der Waals surface area contributed by atoms with E-state index < -0.39 is 5.54 Å². The molecule has 0 aromatic heterocycles. The molecule has 0 saturated heterocycles. The number of nitrogens with zero attached hydrogens (tertiary/aromatic N) is 1. The van der Waals surface area contributed by atoms with Gasteiger partial charge in [-0.3, -0.25) is 4.79 Å². The number of carbonyl (C=O) groups excluding carboxylic acids is 1. The summed E-state index contributed by atoms with van der Waals surface area (Å²) in [4.78, 5) is 13.6. The lowest BCUT2D eigenvalue weighted by molar-refractivity contribution is -0.886. The summed E-state index contributed by atoms with van der Waals surface area (Å²) in [6.45, 7) is 2.30. The second-order valence-corrected chi connectivity index (χ2v) is 6.68. The molecule has 0 radical (unpaired) electrons. The first-order valence-electron chi connectivity index (χ1n) is 8.51. The Balaban J connectivity index is 1.53. The van der Waals surface area contributed by atoms with Crippen molar-refractivity contribution in [2.45, 2.75) is 37.6 Å². The van der Waals surface area contributed by atoms with Crippen LogP contribution in [-0.2, 0) is 4.79 Å². The molecule has 2 aliphatic rings. The standard InChI is InChI=1S/C19H23N3O/c20-15-19(10-4-5-11-19)21-18(23)14-22-12-8-17(9-13-22)16-6-2-1-3-7-16/h1-3,6-8H,4-5,9-14H2,(H,21,23)/p+1. The number of rotatable bonds is 4. The third-order valence-corrected chi connectivity index (χ3v) is 4.99. The summed E-state index contributed by atoms with van der Waals surface area (Å²) in [5.74, 6) is 0.0139. The molecule has 1 aromatic carbocycles. The minimum Gasteiger partial charge on any atom is -0.333 e. The Morgan fingerprint density at radius 3 is 2.61 bits per heavy atom. The van der Waals surface area contributed by atoms with E-state index in [9.17, 15) is 10.1 Å². The molecule has 1 fully saturated rings. The SMILES string of the molecule is N#CC1(NC(=O)C[NH+]2CC=C(c3ccccc3)CC2)CCCC1. The molecule has 1 atom stereocenters. The predicted molar refractivity (Wildman–Crippen MR) is 89.6 cm³/mol. The minimum absolute atomic E-state index is 0.0139. The summed E-state index contributed by atoms with van der Waals surface area (Å²) in [5, 5.41) is 12.3. The van der Waals surface area contributed by atoms with E-state index in [1.807, 2.05) is 6.07 Å². The highest BCUT2D eigenvalue weighted by atomic mass is 16.2. The van der Waals surface area contributed by atoms with E-state index >= 15 is 0 Å². The van der Waals surface area contributed by atoms with Crippen LogP contribution in [0.4, 0.5) is 0 Å². The average molecular weight is 310 g/mol. The fourth-order valence-electron chi connectivity index (χ4n) is 3.64. The highest BCUT2D eigenvalue weighted by Gasteiger charge is 2.36. The summed E-state index contributed by atoms with van der Waals surface area (Å²) in [7, 11) is 0. The van der Waals surface area contributed by atoms with Crippen molar-refractivity contribution < 1.29 is 9.69 Å². The second kappa shape index (κ2) is 6.97. The van der Waals surface area contributed by atoms with Crippen LogP contribution < -0.4 is 10.2 Å². The van der Waals surface area contributed by atoms with Crippen molar-refractivity contribution in [3.63, 3.8) is 0 Å². The monoisotopic (exact) mass is 310 g/mol. The Labute approximate surface area is 137 Å². The molecule has 2 N–H and O–H groups in total. The maximum Gasteiger partial charge on any atom is 0.276 e. The third-order valence-electron chi connectivity index (χ3n) is 4.99. The van der Waals surface area contributed by atoms with Crippen molar-refractivity contribution in [2.75, 3.05) is 19.6 Å². The maximum absolute atomic E-state index is 12.3. The zero-order chi connectivity index (χ0) is 16.1.